The Morgan fingerprint density at radius 3 is 2.67 bits per heavy atom. The Labute approximate surface area is 108 Å². The summed E-state index contributed by atoms with van der Waals surface area (Å²) in [6.07, 6.45) is 0.866. The minimum atomic E-state index is -0.214. The quantitative estimate of drug-likeness (QED) is 0.884. The van der Waals surface area contributed by atoms with Gasteiger partial charge in [-0.2, -0.15) is 0 Å². The Kier molecular flexibility index (Phi) is 4.55. The fourth-order valence-electron chi connectivity index (χ4n) is 2.50. The predicted octanol–water partition coefficient (Wildman–Crippen LogP) is 1.80. The number of hydrogen-bond acceptors (Lipinski definition) is 3. The molecule has 1 aliphatic heterocycles. The Morgan fingerprint density at radius 2 is 2.06 bits per heavy atom. The van der Waals surface area contributed by atoms with Crippen molar-refractivity contribution in [1.82, 2.24) is 10.2 Å². The van der Waals surface area contributed by atoms with Gasteiger partial charge in [0.25, 0.3) is 0 Å². The number of rotatable bonds is 4. The van der Waals surface area contributed by atoms with Crippen LogP contribution in [-0.2, 0) is 13.0 Å². The van der Waals surface area contributed by atoms with E-state index in [0.717, 1.165) is 50.3 Å². The highest BCUT2D eigenvalue weighted by molar-refractivity contribution is 5.41. The molecule has 0 aliphatic carbocycles. The van der Waals surface area contributed by atoms with Crippen LogP contribution < -0.4 is 10.1 Å². The van der Waals surface area contributed by atoms with E-state index in [0.29, 0.717) is 5.75 Å². The molecule has 1 aliphatic rings. The number of methoxy groups -OCH3 is 1. The molecule has 0 amide bonds. The summed E-state index contributed by atoms with van der Waals surface area (Å²) < 4.78 is 18.9. The molecule has 1 aromatic carbocycles. The largest absolute Gasteiger partial charge is 0.496 e. The summed E-state index contributed by atoms with van der Waals surface area (Å²) >= 11 is 0. The van der Waals surface area contributed by atoms with Gasteiger partial charge in [0.2, 0.25) is 0 Å². The lowest BCUT2D eigenvalue weighted by atomic mass is 10.0. The maximum Gasteiger partial charge on any atom is 0.127 e. The highest BCUT2D eigenvalue weighted by Crippen LogP contribution is 2.26. The van der Waals surface area contributed by atoms with Gasteiger partial charge < -0.3 is 10.1 Å². The highest BCUT2D eigenvalue weighted by Gasteiger charge is 2.15. The van der Waals surface area contributed by atoms with Crippen molar-refractivity contribution in [3.63, 3.8) is 0 Å². The van der Waals surface area contributed by atoms with Crippen LogP contribution in [-0.4, -0.2) is 38.2 Å². The molecule has 0 unspecified atom stereocenters. The Morgan fingerprint density at radius 1 is 1.33 bits per heavy atom. The van der Waals surface area contributed by atoms with Gasteiger partial charge in [0.1, 0.15) is 11.6 Å². The van der Waals surface area contributed by atoms with Gasteiger partial charge in [-0.25, -0.2) is 4.39 Å². The lowest BCUT2D eigenvalue weighted by Gasteiger charge is -2.28. The van der Waals surface area contributed by atoms with Crippen molar-refractivity contribution in [1.29, 1.82) is 0 Å². The maximum atomic E-state index is 13.6. The fraction of sp³-hybridized carbons (Fsp3) is 0.571. The van der Waals surface area contributed by atoms with Crippen molar-refractivity contribution < 1.29 is 9.13 Å². The van der Waals surface area contributed by atoms with Crippen molar-refractivity contribution in [2.24, 2.45) is 0 Å². The molecule has 1 saturated heterocycles. The Hall–Kier alpha value is -1.13. The van der Waals surface area contributed by atoms with Crippen LogP contribution in [0.15, 0.2) is 12.1 Å². The first-order chi connectivity index (χ1) is 8.74. The van der Waals surface area contributed by atoms with Crippen LogP contribution in [0.3, 0.4) is 0 Å². The molecular weight excluding hydrogens is 231 g/mol. The molecule has 4 heteroatoms. The highest BCUT2D eigenvalue weighted by atomic mass is 19.1. The summed E-state index contributed by atoms with van der Waals surface area (Å²) in [4.78, 5) is 2.35. The van der Waals surface area contributed by atoms with E-state index in [4.69, 9.17) is 4.74 Å². The van der Waals surface area contributed by atoms with Gasteiger partial charge in [-0.15, -0.1) is 0 Å². The molecule has 18 heavy (non-hydrogen) atoms. The third kappa shape index (κ3) is 3.00. The molecule has 0 atom stereocenters. The van der Waals surface area contributed by atoms with E-state index >= 15 is 0 Å². The molecule has 1 N–H and O–H groups in total. The van der Waals surface area contributed by atoms with E-state index < -0.39 is 0 Å². The van der Waals surface area contributed by atoms with Gasteiger partial charge in [-0.3, -0.25) is 4.90 Å². The normalized spacial score (nSPS) is 16.8. The summed E-state index contributed by atoms with van der Waals surface area (Å²) in [5.74, 6) is 0.455. The number of ether oxygens (including phenoxy) is 1. The van der Waals surface area contributed by atoms with Crippen LogP contribution in [0.5, 0.6) is 5.75 Å². The lowest BCUT2D eigenvalue weighted by molar-refractivity contribution is 0.232. The molecule has 0 saturated carbocycles. The number of benzene rings is 1. The Bertz CT molecular complexity index is 403. The van der Waals surface area contributed by atoms with Crippen molar-refractivity contribution >= 4 is 0 Å². The van der Waals surface area contributed by atoms with Crippen LogP contribution in [0.4, 0.5) is 4.39 Å². The second-order valence-electron chi connectivity index (χ2n) is 4.63. The topological polar surface area (TPSA) is 24.5 Å². The van der Waals surface area contributed by atoms with Gasteiger partial charge in [0, 0.05) is 38.8 Å². The monoisotopic (exact) mass is 252 g/mol. The average Bonchev–Trinajstić information content (AvgIpc) is 2.39. The van der Waals surface area contributed by atoms with Crippen LogP contribution in [0.1, 0.15) is 18.1 Å². The second kappa shape index (κ2) is 6.16. The smallest absolute Gasteiger partial charge is 0.127 e. The van der Waals surface area contributed by atoms with Crippen LogP contribution in [0, 0.1) is 5.82 Å². The van der Waals surface area contributed by atoms with Crippen molar-refractivity contribution in [3.05, 3.63) is 29.1 Å². The molecule has 0 radical (unpaired) electrons. The van der Waals surface area contributed by atoms with Crippen LogP contribution in [0.25, 0.3) is 0 Å². The van der Waals surface area contributed by atoms with E-state index in [1.807, 2.05) is 0 Å². The SMILES string of the molecule is CCc1c(CN2CCNCC2)cc(F)cc1OC. The van der Waals surface area contributed by atoms with Crippen molar-refractivity contribution in [2.75, 3.05) is 33.3 Å². The van der Waals surface area contributed by atoms with Crippen LogP contribution >= 0.6 is 0 Å². The van der Waals surface area contributed by atoms with Crippen molar-refractivity contribution in [3.8, 4) is 5.75 Å². The van der Waals surface area contributed by atoms with Crippen molar-refractivity contribution in [2.45, 2.75) is 19.9 Å². The summed E-state index contributed by atoms with van der Waals surface area (Å²) in [5, 5.41) is 3.32. The molecule has 0 spiro atoms. The molecule has 1 fully saturated rings. The van der Waals surface area contributed by atoms with E-state index in [9.17, 15) is 4.39 Å². The third-order valence-electron chi connectivity index (χ3n) is 3.44. The van der Waals surface area contributed by atoms with Gasteiger partial charge in [0.05, 0.1) is 7.11 Å². The first-order valence-electron chi connectivity index (χ1n) is 6.53. The fourth-order valence-corrected chi connectivity index (χ4v) is 2.50. The van der Waals surface area contributed by atoms with Gasteiger partial charge in [-0.1, -0.05) is 6.92 Å². The standard InChI is InChI=1S/C14H21FN2O/c1-3-13-11(8-12(15)9-14(13)18-2)10-17-6-4-16-5-7-17/h8-9,16H,3-7,10H2,1-2H3. The molecule has 100 valence electrons. The molecule has 1 aromatic rings. The zero-order valence-electron chi connectivity index (χ0n) is 11.1. The first-order valence-corrected chi connectivity index (χ1v) is 6.53. The average molecular weight is 252 g/mol. The molecular formula is C14H21FN2O. The van der Waals surface area contributed by atoms with Gasteiger partial charge in [0.15, 0.2) is 0 Å². The summed E-state index contributed by atoms with van der Waals surface area (Å²) in [5.41, 5.74) is 2.17. The summed E-state index contributed by atoms with van der Waals surface area (Å²) in [6.45, 7) is 6.93. The number of piperazine rings is 1. The molecule has 1 heterocycles. The molecule has 0 bridgehead atoms. The molecule has 0 aromatic heterocycles. The minimum Gasteiger partial charge on any atom is -0.496 e. The van der Waals surface area contributed by atoms with E-state index in [2.05, 4.69) is 17.1 Å². The summed E-state index contributed by atoms with van der Waals surface area (Å²) in [7, 11) is 1.60. The zero-order valence-corrected chi connectivity index (χ0v) is 11.1. The Balaban J connectivity index is 2.21. The van der Waals surface area contributed by atoms with Gasteiger partial charge in [-0.05, 0) is 23.6 Å². The molecule has 2 rings (SSSR count). The predicted molar refractivity (Wildman–Crippen MR) is 70.5 cm³/mol. The second-order valence-corrected chi connectivity index (χ2v) is 4.63. The number of halogens is 1. The number of hydrogen-bond donors (Lipinski definition) is 1. The minimum absolute atomic E-state index is 0.214. The van der Waals surface area contributed by atoms with E-state index in [1.54, 1.807) is 13.2 Å². The van der Waals surface area contributed by atoms with E-state index in [-0.39, 0.29) is 5.82 Å². The van der Waals surface area contributed by atoms with E-state index in [1.165, 1.54) is 6.07 Å². The third-order valence-corrected chi connectivity index (χ3v) is 3.44. The number of nitrogens with zero attached hydrogens (tertiary/aromatic N) is 1. The maximum absolute atomic E-state index is 13.6. The van der Waals surface area contributed by atoms with Gasteiger partial charge >= 0.3 is 0 Å². The van der Waals surface area contributed by atoms with Crippen LogP contribution in [0.2, 0.25) is 0 Å². The first kappa shape index (κ1) is 13.3. The summed E-state index contributed by atoms with van der Waals surface area (Å²) in [6, 6.07) is 3.11. The lowest BCUT2D eigenvalue weighted by Crippen LogP contribution is -2.43. The number of nitrogens with one attached hydrogen (secondary N) is 1. The molecule has 3 nitrogen and oxygen atoms in total. The zero-order chi connectivity index (χ0) is 13.0.